The number of carboxylic acids is 1. The Kier molecular flexibility index (Phi) is 2.60. The van der Waals surface area contributed by atoms with E-state index >= 15 is 0 Å². The molecule has 1 aromatic heterocycles. The van der Waals surface area contributed by atoms with Crippen molar-refractivity contribution in [2.45, 2.75) is 12.8 Å². The molecule has 2 rings (SSSR count). The van der Waals surface area contributed by atoms with Crippen LogP contribution in [0.3, 0.4) is 0 Å². The third-order valence-corrected chi connectivity index (χ3v) is 3.41. The molecule has 0 saturated heterocycles. The molecule has 1 aromatic rings. The molecule has 0 aliphatic heterocycles. The normalized spacial score (nSPS) is 15.5. The highest BCUT2D eigenvalue weighted by molar-refractivity contribution is 7.17. The van der Waals surface area contributed by atoms with Crippen molar-refractivity contribution in [3.8, 4) is 0 Å². The summed E-state index contributed by atoms with van der Waals surface area (Å²) in [5, 5.41) is 12.5. The van der Waals surface area contributed by atoms with Crippen LogP contribution in [-0.4, -0.2) is 22.6 Å². The molecule has 6 heteroatoms. The van der Waals surface area contributed by atoms with Gasteiger partial charge in [0, 0.05) is 6.54 Å². The molecule has 0 spiro atoms. The average Bonchev–Trinajstić information content (AvgIpc) is 2.86. The third kappa shape index (κ3) is 2.16. The summed E-state index contributed by atoms with van der Waals surface area (Å²) in [6.07, 6.45) is 2.50. The van der Waals surface area contributed by atoms with E-state index < -0.39 is 5.97 Å². The zero-order valence-corrected chi connectivity index (χ0v) is 8.86. The molecule has 4 nitrogen and oxygen atoms in total. The fourth-order valence-electron chi connectivity index (χ4n) is 1.06. The van der Waals surface area contributed by atoms with Gasteiger partial charge < -0.3 is 10.4 Å². The Balaban J connectivity index is 2.02. The minimum Gasteiger partial charge on any atom is -0.477 e. The topological polar surface area (TPSA) is 62.2 Å². The number of thiazole rings is 1. The molecule has 0 bridgehead atoms. The molecule has 0 unspecified atom stereocenters. The zero-order valence-electron chi connectivity index (χ0n) is 7.29. The van der Waals surface area contributed by atoms with Crippen molar-refractivity contribution in [3.05, 3.63) is 10.0 Å². The van der Waals surface area contributed by atoms with E-state index in [-0.39, 0.29) is 10.0 Å². The quantitative estimate of drug-likeness (QED) is 0.836. The van der Waals surface area contributed by atoms with Gasteiger partial charge in [-0.25, -0.2) is 9.78 Å². The lowest BCUT2D eigenvalue weighted by molar-refractivity contribution is 0.0702. The van der Waals surface area contributed by atoms with Gasteiger partial charge in [0.2, 0.25) is 0 Å². The zero-order chi connectivity index (χ0) is 10.1. The van der Waals surface area contributed by atoms with E-state index in [2.05, 4.69) is 10.3 Å². The molecule has 0 aromatic carbocycles. The van der Waals surface area contributed by atoms with E-state index in [4.69, 9.17) is 16.7 Å². The summed E-state index contributed by atoms with van der Waals surface area (Å²) in [7, 11) is 0. The first kappa shape index (κ1) is 9.73. The van der Waals surface area contributed by atoms with Gasteiger partial charge in [0.1, 0.15) is 0 Å². The summed E-state index contributed by atoms with van der Waals surface area (Å²) >= 11 is 6.73. The Hall–Kier alpha value is -0.810. The van der Waals surface area contributed by atoms with Crippen LogP contribution in [0.25, 0.3) is 0 Å². The standard InChI is InChI=1S/C8H9ClN2O2S/c9-6-5(7(12)13)14-8(11-6)10-3-4-1-2-4/h4H,1-3H2,(H,10,11)(H,12,13). The lowest BCUT2D eigenvalue weighted by Gasteiger charge is -1.97. The Morgan fingerprint density at radius 1 is 1.71 bits per heavy atom. The number of aromatic carboxylic acids is 1. The fraction of sp³-hybridized carbons (Fsp3) is 0.500. The van der Waals surface area contributed by atoms with E-state index in [9.17, 15) is 4.79 Å². The number of halogens is 1. The van der Waals surface area contributed by atoms with Gasteiger partial charge >= 0.3 is 5.97 Å². The summed E-state index contributed by atoms with van der Waals surface area (Å²) in [5.41, 5.74) is 0. The number of aromatic nitrogens is 1. The van der Waals surface area contributed by atoms with E-state index in [1.165, 1.54) is 12.8 Å². The first-order valence-electron chi connectivity index (χ1n) is 4.30. The van der Waals surface area contributed by atoms with Crippen molar-refractivity contribution in [1.29, 1.82) is 0 Å². The maximum atomic E-state index is 10.6. The second-order valence-electron chi connectivity index (χ2n) is 3.27. The number of rotatable bonds is 4. The van der Waals surface area contributed by atoms with Crippen LogP contribution in [0.4, 0.5) is 5.13 Å². The molecule has 2 N–H and O–H groups in total. The van der Waals surface area contributed by atoms with Gasteiger partial charge in [-0.3, -0.25) is 0 Å². The SMILES string of the molecule is O=C(O)c1sc(NCC2CC2)nc1Cl. The van der Waals surface area contributed by atoms with Gasteiger partial charge in [-0.2, -0.15) is 0 Å². The van der Waals surface area contributed by atoms with Gasteiger partial charge in [0.25, 0.3) is 0 Å². The number of nitrogens with one attached hydrogen (secondary N) is 1. The Morgan fingerprint density at radius 3 is 2.93 bits per heavy atom. The maximum absolute atomic E-state index is 10.6. The first-order chi connectivity index (χ1) is 6.66. The van der Waals surface area contributed by atoms with Crippen LogP contribution >= 0.6 is 22.9 Å². The summed E-state index contributed by atoms with van der Waals surface area (Å²) in [5.74, 6) is -0.294. The van der Waals surface area contributed by atoms with Gasteiger partial charge in [-0.05, 0) is 18.8 Å². The monoisotopic (exact) mass is 232 g/mol. The third-order valence-electron chi connectivity index (χ3n) is 2.02. The molecule has 0 amide bonds. The van der Waals surface area contributed by atoms with Crippen LogP contribution in [0.2, 0.25) is 5.15 Å². The minimum absolute atomic E-state index is 0.0702. The minimum atomic E-state index is -1.02. The van der Waals surface area contributed by atoms with Crippen LogP contribution < -0.4 is 5.32 Å². The molecule has 0 radical (unpaired) electrons. The fourth-order valence-corrected chi connectivity index (χ4v) is 2.10. The molecule has 1 aliphatic carbocycles. The lowest BCUT2D eigenvalue weighted by Crippen LogP contribution is -2.02. The van der Waals surface area contributed by atoms with Crippen LogP contribution in [-0.2, 0) is 0 Å². The highest BCUT2D eigenvalue weighted by Crippen LogP contribution is 2.31. The Bertz CT molecular complexity index is 362. The van der Waals surface area contributed by atoms with Crippen LogP contribution in [0.5, 0.6) is 0 Å². The maximum Gasteiger partial charge on any atom is 0.349 e. The molecular weight excluding hydrogens is 224 g/mol. The Labute approximate surface area is 89.9 Å². The number of carboxylic acid groups (broad SMARTS) is 1. The van der Waals surface area contributed by atoms with Crippen molar-refractivity contribution in [2.75, 3.05) is 11.9 Å². The molecular formula is C8H9ClN2O2S. The van der Waals surface area contributed by atoms with Gasteiger partial charge in [-0.15, -0.1) is 0 Å². The lowest BCUT2D eigenvalue weighted by atomic mass is 10.4. The van der Waals surface area contributed by atoms with Gasteiger partial charge in [-0.1, -0.05) is 22.9 Å². The second-order valence-corrected chi connectivity index (χ2v) is 4.63. The molecule has 1 saturated carbocycles. The van der Waals surface area contributed by atoms with E-state index in [0.29, 0.717) is 5.13 Å². The van der Waals surface area contributed by atoms with Crippen LogP contribution in [0.15, 0.2) is 0 Å². The summed E-state index contributed by atoms with van der Waals surface area (Å²) in [4.78, 5) is 14.7. The highest BCUT2D eigenvalue weighted by Gasteiger charge is 2.22. The van der Waals surface area contributed by atoms with E-state index in [1.54, 1.807) is 0 Å². The van der Waals surface area contributed by atoms with Crippen molar-refractivity contribution in [2.24, 2.45) is 5.92 Å². The van der Waals surface area contributed by atoms with Crippen molar-refractivity contribution in [1.82, 2.24) is 4.98 Å². The van der Waals surface area contributed by atoms with Crippen molar-refractivity contribution >= 4 is 34.0 Å². The molecule has 14 heavy (non-hydrogen) atoms. The van der Waals surface area contributed by atoms with E-state index in [0.717, 1.165) is 23.8 Å². The molecule has 1 fully saturated rings. The number of hydrogen-bond donors (Lipinski definition) is 2. The van der Waals surface area contributed by atoms with Gasteiger partial charge in [0.15, 0.2) is 15.2 Å². The second kappa shape index (κ2) is 3.74. The van der Waals surface area contributed by atoms with Crippen molar-refractivity contribution < 1.29 is 9.90 Å². The van der Waals surface area contributed by atoms with E-state index in [1.807, 2.05) is 0 Å². The predicted molar refractivity (Wildman–Crippen MR) is 55.3 cm³/mol. The summed E-state index contributed by atoms with van der Waals surface area (Å²) in [6.45, 7) is 0.864. The van der Waals surface area contributed by atoms with Crippen LogP contribution in [0, 0.1) is 5.92 Å². The number of nitrogens with zero attached hydrogens (tertiary/aromatic N) is 1. The highest BCUT2D eigenvalue weighted by atomic mass is 35.5. The molecule has 76 valence electrons. The number of hydrogen-bond acceptors (Lipinski definition) is 4. The van der Waals surface area contributed by atoms with Gasteiger partial charge in [0.05, 0.1) is 0 Å². The molecule has 1 aliphatic rings. The average molecular weight is 233 g/mol. The number of anilines is 1. The Morgan fingerprint density at radius 2 is 2.43 bits per heavy atom. The smallest absolute Gasteiger partial charge is 0.349 e. The molecule has 0 atom stereocenters. The van der Waals surface area contributed by atoms with Crippen LogP contribution in [0.1, 0.15) is 22.5 Å². The molecule has 1 heterocycles. The largest absolute Gasteiger partial charge is 0.477 e. The van der Waals surface area contributed by atoms with Crippen molar-refractivity contribution in [3.63, 3.8) is 0 Å². The predicted octanol–water partition coefficient (Wildman–Crippen LogP) is 2.32. The first-order valence-corrected chi connectivity index (χ1v) is 5.49. The number of carbonyl (C=O) groups is 1. The summed E-state index contributed by atoms with van der Waals surface area (Å²) < 4.78 is 0. The summed E-state index contributed by atoms with van der Waals surface area (Å²) in [6, 6.07) is 0.